The van der Waals surface area contributed by atoms with E-state index >= 15 is 0 Å². The van der Waals surface area contributed by atoms with Gasteiger partial charge in [-0.2, -0.15) is 0 Å². The number of thiophene rings is 1. The van der Waals surface area contributed by atoms with Crippen molar-refractivity contribution in [2.45, 2.75) is 119 Å². The smallest absolute Gasteiger partial charge is 0.200 e. The molecule has 0 aliphatic carbocycles. The van der Waals surface area contributed by atoms with Gasteiger partial charge in [0.15, 0.2) is 46.0 Å². The van der Waals surface area contributed by atoms with Crippen LogP contribution in [0.15, 0.2) is 175 Å². The maximum Gasteiger partial charge on any atom is 0.200 e. The molecule has 17 heteroatoms. The van der Waals surface area contributed by atoms with E-state index in [0.29, 0.717) is 65.6 Å². The molecule has 0 bridgehead atoms. The van der Waals surface area contributed by atoms with Crippen LogP contribution in [0.4, 0.5) is 0 Å². The number of methoxy groups -OCH3 is 6. The van der Waals surface area contributed by atoms with Crippen LogP contribution in [-0.2, 0) is 0 Å². The summed E-state index contributed by atoms with van der Waals surface area (Å²) < 4.78 is 42.9. The fourth-order valence-corrected chi connectivity index (χ4v) is 12.1. The summed E-state index contributed by atoms with van der Waals surface area (Å²) in [6.45, 7) is 15.7. The van der Waals surface area contributed by atoms with Gasteiger partial charge in [-0.1, -0.05) is 108 Å². The number of benzene rings is 6. The number of unbranched alkanes of at least 4 members (excludes halogenated alkanes) is 1. The summed E-state index contributed by atoms with van der Waals surface area (Å²) in [4.78, 5) is 20.3. The minimum Gasteiger partial charge on any atom is -0.502 e. The van der Waals surface area contributed by atoms with E-state index in [9.17, 15) is 20.4 Å². The molecule has 0 unspecified atom stereocenters. The molecule has 95 heavy (non-hydrogen) atoms. The Balaban J connectivity index is 0.000000165. The third-order valence-corrected chi connectivity index (χ3v) is 17.4. The third-order valence-electron chi connectivity index (χ3n) is 16.5. The van der Waals surface area contributed by atoms with Gasteiger partial charge in [-0.05, 0) is 146 Å². The maximum atomic E-state index is 10.6. The van der Waals surface area contributed by atoms with Crippen LogP contribution in [0.25, 0.3) is 16.8 Å². The second-order valence-electron chi connectivity index (χ2n) is 22.8. The molecule has 0 saturated heterocycles. The van der Waals surface area contributed by atoms with Crippen molar-refractivity contribution in [3.63, 3.8) is 0 Å². The first-order valence-electron chi connectivity index (χ1n) is 32.4. The molecule has 16 nitrogen and oxygen atoms in total. The van der Waals surface area contributed by atoms with Gasteiger partial charge < -0.3 is 58.3 Å². The first kappa shape index (κ1) is 71.1. The number of rotatable bonds is 24. The summed E-state index contributed by atoms with van der Waals surface area (Å²) >= 11 is 1.69. The van der Waals surface area contributed by atoms with Crippen LogP contribution in [0.2, 0.25) is 0 Å². The Morgan fingerprint density at radius 2 is 0.779 bits per heavy atom. The molecule has 11 rings (SSSR count). The van der Waals surface area contributed by atoms with Gasteiger partial charge >= 0.3 is 0 Å². The van der Waals surface area contributed by atoms with Crippen LogP contribution in [0.3, 0.4) is 0 Å². The third kappa shape index (κ3) is 17.4. The van der Waals surface area contributed by atoms with Crippen molar-refractivity contribution in [3.8, 4) is 69.0 Å². The number of aromatic hydroxyl groups is 4. The van der Waals surface area contributed by atoms with Crippen LogP contribution in [0.5, 0.6) is 69.0 Å². The largest absolute Gasteiger partial charge is 0.502 e. The molecule has 6 aromatic carbocycles. The lowest BCUT2D eigenvalue weighted by molar-refractivity contribution is 0.273. The summed E-state index contributed by atoms with van der Waals surface area (Å²) in [5.74, 6) is 3.39. The molecule has 0 atom stereocenters. The molecule has 7 aromatic rings. The lowest BCUT2D eigenvalue weighted by atomic mass is 9.97. The van der Waals surface area contributed by atoms with E-state index in [4.69, 9.17) is 52.9 Å². The lowest BCUT2D eigenvalue weighted by Crippen LogP contribution is -2.04. The highest BCUT2D eigenvalue weighted by atomic mass is 32.1. The van der Waals surface area contributed by atoms with E-state index in [1.807, 2.05) is 81.4 Å². The molecule has 5 heterocycles. The Kier molecular flexibility index (Phi) is 25.8. The quantitative estimate of drug-likeness (QED) is 0.0446. The summed E-state index contributed by atoms with van der Waals surface area (Å²) in [7, 11) is 9.17. The molecular formula is C78H90N4O12S. The van der Waals surface area contributed by atoms with E-state index in [1.54, 1.807) is 23.5 Å². The number of ether oxygens (including phenoxy) is 8. The SMILES string of the molecule is CCC1=C(CC)N=C(c2cc(OC)c(O)c(OC)c2)C1.CCCCC1=C(C)N=C(c2cc(OC)c(O)c(OC)c2)C1.CCCOc1cc(C2=NC(c3cccs3)=C(c3ccccc3)C2)cc(OCCC)c1O.COc1cc(C2=NC(C)=C(c3ccccc3)C2)cc(OC)c1O. The molecule has 0 spiro atoms. The predicted molar refractivity (Wildman–Crippen MR) is 384 cm³/mol. The number of nitrogens with zero attached hydrogens (tertiary/aromatic N) is 4. The maximum absolute atomic E-state index is 10.6. The second kappa shape index (κ2) is 34.4. The highest BCUT2D eigenvalue weighted by molar-refractivity contribution is 7.11. The Morgan fingerprint density at radius 1 is 0.389 bits per heavy atom. The normalized spacial score (nSPS) is 14.0. The molecule has 4 aliphatic heterocycles. The molecule has 0 radical (unpaired) electrons. The standard InChI is InChI=1S/C26H27NO3S.C19H19NO3.C17H23NO3.C16H21NO3/c1-3-12-29-22-15-19(16-23(26(22)28)30-13-4-2)21-17-20(18-9-6-5-7-10-18)25(27-21)24-11-8-14-31-24;1-12-15(13-7-5-4-6-8-13)11-16(20-12)14-9-17(22-2)19(21)18(10-14)23-3;1-5-6-7-12-8-14(18-11(12)2)13-9-15(20-3)17(19)16(10-13)21-4;1-5-10-7-13(17-12(10)6-2)11-8-14(19-3)16(18)15(9-11)20-4/h5-11,14-16,28H,3-4,12-13,17H2,1-2H3;4-10,21H,11H2,1-3H3;9-10,19H,5-8H2,1-4H3;8-9,18H,5-7H2,1-4H3. The van der Waals surface area contributed by atoms with E-state index in [-0.39, 0.29) is 23.0 Å². The van der Waals surface area contributed by atoms with Gasteiger partial charge in [-0.25, -0.2) is 0 Å². The molecule has 4 N–H and O–H groups in total. The number of aliphatic imine (C=N–C) groups is 4. The zero-order chi connectivity index (χ0) is 68.1. The van der Waals surface area contributed by atoms with Gasteiger partial charge in [-0.15, -0.1) is 11.3 Å². The number of phenols is 4. The van der Waals surface area contributed by atoms with Gasteiger partial charge in [-0.3, -0.25) is 20.0 Å². The number of phenolic OH excluding ortho intramolecular Hbond substituents is 4. The van der Waals surface area contributed by atoms with E-state index in [1.165, 1.54) is 94.6 Å². The summed E-state index contributed by atoms with van der Waals surface area (Å²) in [5, 5.41) is 42.7. The van der Waals surface area contributed by atoms with Gasteiger partial charge in [0, 0.05) is 65.0 Å². The zero-order valence-electron chi connectivity index (χ0n) is 57.1. The molecule has 4 aliphatic rings. The monoisotopic (exact) mass is 1310 g/mol. The minimum absolute atomic E-state index is 0.00492. The van der Waals surface area contributed by atoms with Crippen molar-refractivity contribution >= 4 is 51.0 Å². The van der Waals surface area contributed by atoms with E-state index in [2.05, 4.69) is 86.6 Å². The molecule has 0 saturated carbocycles. The highest BCUT2D eigenvalue weighted by Crippen LogP contribution is 2.45. The Labute approximate surface area is 563 Å². The highest BCUT2D eigenvalue weighted by Gasteiger charge is 2.27. The van der Waals surface area contributed by atoms with E-state index in [0.717, 1.165) is 118 Å². The number of hydrogen-bond donors (Lipinski definition) is 4. The van der Waals surface area contributed by atoms with Gasteiger partial charge in [0.25, 0.3) is 0 Å². The van der Waals surface area contributed by atoms with Crippen LogP contribution in [0.1, 0.15) is 157 Å². The average Bonchev–Trinajstić information content (AvgIpc) is 1.69. The van der Waals surface area contributed by atoms with Crippen molar-refractivity contribution in [2.75, 3.05) is 55.9 Å². The fourth-order valence-electron chi connectivity index (χ4n) is 11.3. The first-order chi connectivity index (χ1) is 46.1. The summed E-state index contributed by atoms with van der Waals surface area (Å²) in [6.07, 6.45) is 10.3. The van der Waals surface area contributed by atoms with Crippen LogP contribution >= 0.6 is 11.3 Å². The summed E-state index contributed by atoms with van der Waals surface area (Å²) in [5.41, 5.74) is 19.5. The van der Waals surface area contributed by atoms with Gasteiger partial charge in [0.2, 0.25) is 23.0 Å². The van der Waals surface area contributed by atoms with E-state index < -0.39 is 0 Å². The molecular weight excluding hydrogens is 1220 g/mol. The van der Waals surface area contributed by atoms with Crippen molar-refractivity contribution in [2.24, 2.45) is 20.0 Å². The van der Waals surface area contributed by atoms with Crippen LogP contribution in [-0.4, -0.2) is 99.1 Å². The van der Waals surface area contributed by atoms with Crippen molar-refractivity contribution in [1.82, 2.24) is 0 Å². The van der Waals surface area contributed by atoms with Crippen molar-refractivity contribution in [3.05, 3.63) is 193 Å². The zero-order valence-corrected chi connectivity index (χ0v) is 57.9. The van der Waals surface area contributed by atoms with Gasteiger partial charge in [0.05, 0.1) is 89.3 Å². The van der Waals surface area contributed by atoms with Crippen LogP contribution < -0.4 is 37.9 Å². The summed E-state index contributed by atoms with van der Waals surface area (Å²) in [6, 6.07) is 39.4. The average molecular weight is 1310 g/mol. The molecule has 1 aromatic heterocycles. The Bertz CT molecular complexity index is 3960. The molecule has 0 amide bonds. The lowest BCUT2D eigenvalue weighted by Gasteiger charge is -2.14. The topological polar surface area (TPSA) is 204 Å². The number of allylic oxidation sites excluding steroid dienone is 7. The Morgan fingerprint density at radius 3 is 1.18 bits per heavy atom. The van der Waals surface area contributed by atoms with Crippen molar-refractivity contribution < 1.29 is 58.3 Å². The Hall–Kier alpha value is -9.74. The molecule has 0 fully saturated rings. The second-order valence-corrected chi connectivity index (χ2v) is 23.7. The minimum atomic E-state index is 0.00492. The predicted octanol–water partition coefficient (Wildman–Crippen LogP) is 18.6. The molecule has 500 valence electrons. The first-order valence-corrected chi connectivity index (χ1v) is 33.2. The van der Waals surface area contributed by atoms with Crippen molar-refractivity contribution in [1.29, 1.82) is 0 Å². The fraction of sp³-hybridized carbons (Fsp3) is 0.333. The van der Waals surface area contributed by atoms with Gasteiger partial charge in [0.1, 0.15) is 0 Å². The number of hydrogen-bond acceptors (Lipinski definition) is 17. The van der Waals surface area contributed by atoms with Crippen LogP contribution in [0, 0.1) is 0 Å².